The van der Waals surface area contributed by atoms with E-state index in [-0.39, 0.29) is 17.5 Å². The van der Waals surface area contributed by atoms with E-state index in [4.69, 9.17) is 0 Å². The molecule has 0 aliphatic carbocycles. The van der Waals surface area contributed by atoms with Crippen LogP contribution < -0.4 is 9.80 Å². The maximum absolute atomic E-state index is 13.1. The number of aromatic carboxylic acids is 1. The number of hydrogen-bond donors (Lipinski definition) is 1. The molecule has 0 radical (unpaired) electrons. The third kappa shape index (κ3) is 2.65. The van der Waals surface area contributed by atoms with Crippen LogP contribution in [0.3, 0.4) is 0 Å². The fraction of sp³-hybridized carbons (Fsp3) is 0.300. The summed E-state index contributed by atoms with van der Waals surface area (Å²) in [5.74, 6) is -0.914. The van der Waals surface area contributed by atoms with Gasteiger partial charge in [-0.3, -0.25) is 4.79 Å². The number of carbonyl (C=O) groups excluding carboxylic acids is 1. The fourth-order valence-corrected chi connectivity index (χ4v) is 3.88. The molecule has 2 aliphatic rings. The molecule has 5 nitrogen and oxygen atoms in total. The number of rotatable bonds is 3. The summed E-state index contributed by atoms with van der Waals surface area (Å²) in [5, 5.41) is 9.34. The number of nitrogens with zero attached hydrogens (tertiary/aromatic N) is 2. The Morgan fingerprint density at radius 1 is 1.20 bits per heavy atom. The van der Waals surface area contributed by atoms with Gasteiger partial charge in [-0.25, -0.2) is 4.79 Å². The summed E-state index contributed by atoms with van der Waals surface area (Å²) >= 11 is 0. The van der Waals surface area contributed by atoms with Gasteiger partial charge in [0.05, 0.1) is 23.5 Å². The first-order valence-electron chi connectivity index (χ1n) is 8.55. The molecule has 1 fully saturated rings. The van der Waals surface area contributed by atoms with Gasteiger partial charge in [0.25, 0.3) is 0 Å². The van der Waals surface area contributed by atoms with Crippen LogP contribution in [0.1, 0.15) is 34.3 Å². The van der Waals surface area contributed by atoms with Gasteiger partial charge in [-0.1, -0.05) is 29.8 Å². The monoisotopic (exact) mass is 336 g/mol. The maximum Gasteiger partial charge on any atom is 0.335 e. The summed E-state index contributed by atoms with van der Waals surface area (Å²) in [6.07, 6.45) is 1.83. The molecule has 2 aliphatic heterocycles. The summed E-state index contributed by atoms with van der Waals surface area (Å²) in [6, 6.07) is 13.0. The van der Waals surface area contributed by atoms with Crippen LogP contribution >= 0.6 is 0 Å². The molecule has 4 rings (SSSR count). The van der Waals surface area contributed by atoms with Crippen molar-refractivity contribution in [2.45, 2.75) is 32.4 Å². The number of aryl methyl sites for hydroxylation is 1. The van der Waals surface area contributed by atoms with Crippen molar-refractivity contribution in [1.29, 1.82) is 0 Å². The lowest BCUT2D eigenvalue weighted by Gasteiger charge is -2.39. The van der Waals surface area contributed by atoms with Crippen LogP contribution in [0.5, 0.6) is 0 Å². The summed E-state index contributed by atoms with van der Waals surface area (Å²) in [4.78, 5) is 28.3. The van der Waals surface area contributed by atoms with Crippen LogP contribution in [0.15, 0.2) is 42.5 Å². The first-order valence-corrected chi connectivity index (χ1v) is 8.55. The Morgan fingerprint density at radius 2 is 2.04 bits per heavy atom. The predicted molar refractivity (Wildman–Crippen MR) is 96.1 cm³/mol. The van der Waals surface area contributed by atoms with Crippen molar-refractivity contribution in [1.82, 2.24) is 0 Å². The lowest BCUT2D eigenvalue weighted by molar-refractivity contribution is -0.120. The minimum Gasteiger partial charge on any atom is -0.478 e. The Balaban J connectivity index is 1.80. The Hall–Kier alpha value is -2.82. The Kier molecular flexibility index (Phi) is 3.71. The zero-order valence-corrected chi connectivity index (χ0v) is 14.1. The van der Waals surface area contributed by atoms with Crippen molar-refractivity contribution in [2.75, 3.05) is 16.3 Å². The predicted octanol–water partition coefficient (Wildman–Crippen LogP) is 3.21. The van der Waals surface area contributed by atoms with E-state index in [0.717, 1.165) is 36.2 Å². The molecule has 25 heavy (non-hydrogen) atoms. The SMILES string of the molecule is Cc1cccc(CN2C(=O)C3CCCN3c3ccc(C(=O)O)cc32)c1. The van der Waals surface area contributed by atoms with Crippen molar-refractivity contribution in [3.8, 4) is 0 Å². The standard InChI is InChI=1S/C20H20N2O3/c1-13-4-2-5-14(10-13)12-22-18-11-15(20(24)25)7-8-16(18)21-9-3-6-17(21)19(22)23/h2,4-5,7-8,10-11,17H,3,6,9,12H2,1H3,(H,24,25). The highest BCUT2D eigenvalue weighted by Crippen LogP contribution is 2.41. The summed E-state index contributed by atoms with van der Waals surface area (Å²) < 4.78 is 0. The second kappa shape index (κ2) is 5.92. The van der Waals surface area contributed by atoms with Crippen LogP contribution in [0.2, 0.25) is 0 Å². The highest BCUT2D eigenvalue weighted by Gasteiger charge is 2.40. The third-order valence-corrected chi connectivity index (χ3v) is 5.05. The number of carboxylic acid groups (broad SMARTS) is 1. The first kappa shape index (κ1) is 15.7. The van der Waals surface area contributed by atoms with Crippen molar-refractivity contribution in [3.05, 3.63) is 59.2 Å². The van der Waals surface area contributed by atoms with Gasteiger partial charge >= 0.3 is 5.97 Å². The van der Waals surface area contributed by atoms with Crippen molar-refractivity contribution < 1.29 is 14.7 Å². The molecule has 2 aromatic carbocycles. The number of hydrogen-bond acceptors (Lipinski definition) is 3. The minimum atomic E-state index is -0.978. The van der Waals surface area contributed by atoms with E-state index >= 15 is 0 Å². The van der Waals surface area contributed by atoms with Crippen LogP contribution in [-0.2, 0) is 11.3 Å². The summed E-state index contributed by atoms with van der Waals surface area (Å²) in [6.45, 7) is 3.33. The van der Waals surface area contributed by atoms with Gasteiger partial charge < -0.3 is 14.9 Å². The normalized spacial score (nSPS) is 18.9. The quantitative estimate of drug-likeness (QED) is 0.935. The molecule has 1 atom stereocenters. The fourth-order valence-electron chi connectivity index (χ4n) is 3.88. The van der Waals surface area contributed by atoms with E-state index in [1.165, 1.54) is 0 Å². The average molecular weight is 336 g/mol. The molecule has 2 aromatic rings. The zero-order chi connectivity index (χ0) is 17.6. The Bertz CT molecular complexity index is 862. The molecule has 1 amide bonds. The lowest BCUT2D eigenvalue weighted by Crippen LogP contribution is -2.50. The van der Waals surface area contributed by atoms with Crippen molar-refractivity contribution in [2.24, 2.45) is 0 Å². The van der Waals surface area contributed by atoms with Crippen LogP contribution in [0, 0.1) is 6.92 Å². The van der Waals surface area contributed by atoms with Gasteiger partial charge in [0.1, 0.15) is 6.04 Å². The van der Waals surface area contributed by atoms with Gasteiger partial charge in [-0.15, -0.1) is 0 Å². The van der Waals surface area contributed by atoms with Crippen LogP contribution in [0.25, 0.3) is 0 Å². The number of fused-ring (bicyclic) bond motifs is 3. The molecule has 1 unspecified atom stereocenters. The largest absolute Gasteiger partial charge is 0.478 e. The second-order valence-electron chi connectivity index (χ2n) is 6.77. The number of carbonyl (C=O) groups is 2. The van der Waals surface area contributed by atoms with E-state index < -0.39 is 5.97 Å². The smallest absolute Gasteiger partial charge is 0.335 e. The topological polar surface area (TPSA) is 60.9 Å². The molecule has 128 valence electrons. The molecule has 0 spiro atoms. The molecule has 5 heteroatoms. The molecule has 1 saturated heterocycles. The molecule has 0 bridgehead atoms. The Labute approximate surface area is 146 Å². The second-order valence-corrected chi connectivity index (χ2v) is 6.77. The van der Waals surface area contributed by atoms with E-state index in [1.54, 1.807) is 17.0 Å². The van der Waals surface area contributed by atoms with Gasteiger partial charge in [0, 0.05) is 6.54 Å². The molecule has 0 saturated carbocycles. The van der Waals surface area contributed by atoms with Gasteiger partial charge in [-0.2, -0.15) is 0 Å². The molecule has 0 aromatic heterocycles. The third-order valence-electron chi connectivity index (χ3n) is 5.05. The number of carboxylic acids is 1. The molecule has 2 heterocycles. The van der Waals surface area contributed by atoms with Crippen LogP contribution in [0.4, 0.5) is 11.4 Å². The molecular formula is C20H20N2O3. The highest BCUT2D eigenvalue weighted by molar-refractivity contribution is 6.07. The number of anilines is 2. The molecular weight excluding hydrogens is 316 g/mol. The van der Waals surface area contributed by atoms with Gasteiger partial charge in [0.2, 0.25) is 5.91 Å². The average Bonchev–Trinajstić information content (AvgIpc) is 3.08. The Morgan fingerprint density at radius 3 is 2.80 bits per heavy atom. The van der Waals surface area contributed by atoms with E-state index in [0.29, 0.717) is 12.2 Å². The number of benzene rings is 2. The van der Waals surface area contributed by atoms with Crippen molar-refractivity contribution in [3.63, 3.8) is 0 Å². The zero-order valence-electron chi connectivity index (χ0n) is 14.1. The van der Waals surface area contributed by atoms with E-state index in [1.807, 2.05) is 31.2 Å². The van der Waals surface area contributed by atoms with Gasteiger partial charge in [0.15, 0.2) is 0 Å². The van der Waals surface area contributed by atoms with E-state index in [2.05, 4.69) is 11.0 Å². The number of amides is 1. The summed E-state index contributed by atoms with van der Waals surface area (Å²) in [5.41, 5.74) is 4.05. The van der Waals surface area contributed by atoms with Gasteiger partial charge in [-0.05, 0) is 43.5 Å². The van der Waals surface area contributed by atoms with Crippen molar-refractivity contribution >= 4 is 23.3 Å². The maximum atomic E-state index is 13.1. The first-order chi connectivity index (χ1) is 12.0. The lowest BCUT2D eigenvalue weighted by atomic mass is 10.0. The highest BCUT2D eigenvalue weighted by atomic mass is 16.4. The van der Waals surface area contributed by atoms with Crippen LogP contribution in [-0.4, -0.2) is 29.6 Å². The molecule has 1 N–H and O–H groups in total. The van der Waals surface area contributed by atoms with E-state index in [9.17, 15) is 14.7 Å². The summed E-state index contributed by atoms with van der Waals surface area (Å²) in [7, 11) is 0. The minimum absolute atomic E-state index is 0.0639.